The molecule has 0 aliphatic carbocycles. The molecule has 150 valence electrons. The van der Waals surface area contributed by atoms with Gasteiger partial charge in [0, 0.05) is 18.8 Å². The lowest BCUT2D eigenvalue weighted by molar-refractivity contribution is -0.132. The molecule has 3 aromatic rings. The third-order valence-electron chi connectivity index (χ3n) is 4.81. The summed E-state index contributed by atoms with van der Waals surface area (Å²) in [6.45, 7) is 0.922. The number of carbonyl (C=O) groups is 1. The van der Waals surface area contributed by atoms with E-state index in [1.165, 1.54) is 0 Å². The molecular formula is C24H27N3O2. The van der Waals surface area contributed by atoms with Gasteiger partial charge < -0.3 is 10.0 Å². The van der Waals surface area contributed by atoms with Crippen molar-refractivity contribution in [1.82, 2.24) is 14.9 Å². The van der Waals surface area contributed by atoms with Gasteiger partial charge in [-0.15, -0.1) is 0 Å². The molecule has 1 unspecified atom stereocenters. The highest BCUT2D eigenvalue weighted by Gasteiger charge is 2.16. The summed E-state index contributed by atoms with van der Waals surface area (Å²) in [6.07, 6.45) is 5.63. The molecule has 0 fully saturated rings. The Morgan fingerprint density at radius 2 is 1.41 bits per heavy atom. The highest BCUT2D eigenvalue weighted by atomic mass is 16.3. The van der Waals surface area contributed by atoms with Gasteiger partial charge in [-0.05, 0) is 42.7 Å². The van der Waals surface area contributed by atoms with E-state index in [0.29, 0.717) is 25.9 Å². The van der Waals surface area contributed by atoms with Gasteiger partial charge in [-0.25, -0.2) is 0 Å². The van der Waals surface area contributed by atoms with Crippen LogP contribution in [0.2, 0.25) is 0 Å². The molecular weight excluding hydrogens is 362 g/mol. The van der Waals surface area contributed by atoms with E-state index in [1.54, 1.807) is 17.3 Å². The van der Waals surface area contributed by atoms with Crippen LogP contribution in [-0.4, -0.2) is 25.9 Å². The van der Waals surface area contributed by atoms with E-state index in [0.717, 1.165) is 29.8 Å². The van der Waals surface area contributed by atoms with Crippen molar-refractivity contribution in [2.45, 2.75) is 44.9 Å². The molecule has 5 nitrogen and oxygen atoms in total. The third-order valence-corrected chi connectivity index (χ3v) is 4.81. The summed E-state index contributed by atoms with van der Waals surface area (Å²) >= 11 is 0. The Morgan fingerprint density at radius 3 is 1.97 bits per heavy atom. The number of aliphatic hydroxyl groups excluding tert-OH is 1. The Hall–Kier alpha value is -3.05. The number of unbranched alkanes of at least 4 members (excludes halogenated alkanes) is 1. The molecule has 0 saturated heterocycles. The van der Waals surface area contributed by atoms with Crippen molar-refractivity contribution in [1.29, 1.82) is 0 Å². The van der Waals surface area contributed by atoms with Gasteiger partial charge in [0.25, 0.3) is 0 Å². The number of rotatable bonds is 10. The number of hydrogen-bond acceptors (Lipinski definition) is 4. The molecule has 0 radical (unpaired) electrons. The van der Waals surface area contributed by atoms with E-state index < -0.39 is 6.10 Å². The van der Waals surface area contributed by atoms with Crippen LogP contribution in [0.4, 0.5) is 0 Å². The second-order valence-corrected chi connectivity index (χ2v) is 7.06. The number of amides is 1. The first-order valence-electron chi connectivity index (χ1n) is 10.0. The lowest BCUT2D eigenvalue weighted by atomic mass is 10.0. The average Bonchev–Trinajstić information content (AvgIpc) is 2.78. The smallest absolute Gasteiger partial charge is 0.223 e. The van der Waals surface area contributed by atoms with Crippen molar-refractivity contribution in [3.8, 4) is 0 Å². The Labute approximate surface area is 172 Å². The van der Waals surface area contributed by atoms with Crippen LogP contribution >= 0.6 is 0 Å². The second-order valence-electron chi connectivity index (χ2n) is 7.06. The Kier molecular flexibility index (Phi) is 7.90. The molecule has 2 heterocycles. The molecule has 0 saturated carbocycles. The fourth-order valence-electron chi connectivity index (χ4n) is 3.22. The van der Waals surface area contributed by atoms with Crippen LogP contribution in [-0.2, 0) is 17.9 Å². The summed E-state index contributed by atoms with van der Waals surface area (Å²) in [5.41, 5.74) is 2.64. The minimum atomic E-state index is -0.482. The van der Waals surface area contributed by atoms with Crippen molar-refractivity contribution in [3.63, 3.8) is 0 Å². The van der Waals surface area contributed by atoms with Crippen molar-refractivity contribution in [2.75, 3.05) is 0 Å². The molecule has 1 amide bonds. The monoisotopic (exact) mass is 389 g/mol. The largest absolute Gasteiger partial charge is 0.388 e. The predicted octanol–water partition coefficient (Wildman–Crippen LogP) is 4.30. The zero-order valence-corrected chi connectivity index (χ0v) is 16.5. The lowest BCUT2D eigenvalue weighted by Gasteiger charge is -2.22. The van der Waals surface area contributed by atoms with Crippen LogP contribution in [0, 0.1) is 0 Å². The summed E-state index contributed by atoms with van der Waals surface area (Å²) in [4.78, 5) is 23.4. The average molecular weight is 389 g/mol. The molecule has 29 heavy (non-hydrogen) atoms. The molecule has 5 heteroatoms. The minimum absolute atomic E-state index is 0.0792. The highest BCUT2D eigenvalue weighted by Crippen LogP contribution is 2.19. The molecule has 2 aromatic heterocycles. The van der Waals surface area contributed by atoms with Crippen molar-refractivity contribution in [2.24, 2.45) is 0 Å². The van der Waals surface area contributed by atoms with E-state index in [4.69, 9.17) is 0 Å². The topological polar surface area (TPSA) is 66.3 Å². The van der Waals surface area contributed by atoms with Crippen LogP contribution in [0.5, 0.6) is 0 Å². The zero-order chi connectivity index (χ0) is 20.3. The second kappa shape index (κ2) is 11.1. The number of pyridine rings is 2. The first-order valence-corrected chi connectivity index (χ1v) is 10.0. The van der Waals surface area contributed by atoms with E-state index in [9.17, 15) is 9.90 Å². The van der Waals surface area contributed by atoms with Gasteiger partial charge >= 0.3 is 0 Å². The summed E-state index contributed by atoms with van der Waals surface area (Å²) in [7, 11) is 0. The lowest BCUT2D eigenvalue weighted by Crippen LogP contribution is -2.30. The maximum atomic E-state index is 12.9. The van der Waals surface area contributed by atoms with Crippen molar-refractivity contribution < 1.29 is 9.90 Å². The summed E-state index contributed by atoms with van der Waals surface area (Å²) in [6, 6.07) is 21.1. The molecule has 0 aliphatic heterocycles. The summed E-state index contributed by atoms with van der Waals surface area (Å²) in [5.74, 6) is 0.0792. The van der Waals surface area contributed by atoms with Gasteiger partial charge in [-0.3, -0.25) is 14.8 Å². The van der Waals surface area contributed by atoms with Gasteiger partial charge in [-0.2, -0.15) is 0 Å². The molecule has 0 aliphatic rings. The molecule has 0 bridgehead atoms. The van der Waals surface area contributed by atoms with Crippen LogP contribution < -0.4 is 0 Å². The Bertz CT molecular complexity index is 816. The molecule has 1 atom stereocenters. The number of hydrogen-bond donors (Lipinski definition) is 1. The maximum Gasteiger partial charge on any atom is 0.223 e. The zero-order valence-electron chi connectivity index (χ0n) is 16.5. The summed E-state index contributed by atoms with van der Waals surface area (Å²) < 4.78 is 0. The van der Waals surface area contributed by atoms with Crippen molar-refractivity contribution >= 4 is 5.91 Å². The first kappa shape index (κ1) is 20.7. The van der Waals surface area contributed by atoms with Crippen LogP contribution in [0.3, 0.4) is 0 Å². The fraction of sp³-hybridized carbons (Fsp3) is 0.292. The SMILES string of the molecule is O=C(CCCCC(O)c1ccccc1)N(Cc1ccccn1)Cc1ccccn1. The predicted molar refractivity (Wildman–Crippen MR) is 113 cm³/mol. The van der Waals surface area contributed by atoms with E-state index in [2.05, 4.69) is 9.97 Å². The molecule has 0 spiro atoms. The molecule has 1 aromatic carbocycles. The van der Waals surface area contributed by atoms with Gasteiger partial charge in [0.15, 0.2) is 0 Å². The molecule has 1 N–H and O–H groups in total. The Morgan fingerprint density at radius 1 is 0.828 bits per heavy atom. The third kappa shape index (κ3) is 6.80. The summed E-state index contributed by atoms with van der Waals surface area (Å²) in [5, 5.41) is 10.3. The maximum absolute atomic E-state index is 12.9. The number of nitrogens with zero attached hydrogens (tertiary/aromatic N) is 3. The van der Waals surface area contributed by atoms with E-state index in [-0.39, 0.29) is 5.91 Å². The van der Waals surface area contributed by atoms with Crippen molar-refractivity contribution in [3.05, 3.63) is 96.1 Å². The highest BCUT2D eigenvalue weighted by molar-refractivity contribution is 5.76. The molecule has 3 rings (SSSR count). The standard InChI is InChI=1S/C24H27N3O2/c28-23(20-10-2-1-3-11-20)14-4-5-15-24(29)27(18-21-12-6-8-16-25-21)19-22-13-7-9-17-26-22/h1-3,6-13,16-17,23,28H,4-5,14-15,18-19H2. The van der Waals surface area contributed by atoms with Gasteiger partial charge in [0.05, 0.1) is 30.6 Å². The van der Waals surface area contributed by atoms with Gasteiger partial charge in [0.2, 0.25) is 5.91 Å². The quantitative estimate of drug-likeness (QED) is 0.525. The Balaban J connectivity index is 1.53. The van der Waals surface area contributed by atoms with Crippen LogP contribution in [0.25, 0.3) is 0 Å². The van der Waals surface area contributed by atoms with Crippen LogP contribution in [0.1, 0.15) is 48.7 Å². The fourth-order valence-corrected chi connectivity index (χ4v) is 3.22. The van der Waals surface area contributed by atoms with E-state index >= 15 is 0 Å². The first-order chi connectivity index (χ1) is 14.2. The number of aromatic nitrogens is 2. The number of aliphatic hydroxyl groups is 1. The number of benzene rings is 1. The minimum Gasteiger partial charge on any atom is -0.388 e. The van der Waals surface area contributed by atoms with Crippen LogP contribution in [0.15, 0.2) is 79.1 Å². The van der Waals surface area contributed by atoms with Gasteiger partial charge in [-0.1, -0.05) is 48.9 Å². The normalized spacial score (nSPS) is 11.8. The van der Waals surface area contributed by atoms with Gasteiger partial charge in [0.1, 0.15) is 0 Å². The van der Waals surface area contributed by atoms with E-state index in [1.807, 2.05) is 66.7 Å². The number of carbonyl (C=O) groups excluding carboxylic acids is 1.